The summed E-state index contributed by atoms with van der Waals surface area (Å²) in [5.41, 5.74) is 3.84. The normalized spacial score (nSPS) is 12.4. The molecule has 1 aromatic heterocycles. The fourth-order valence-corrected chi connectivity index (χ4v) is 4.10. The summed E-state index contributed by atoms with van der Waals surface area (Å²) in [6.07, 6.45) is 1.80. The molecule has 5 nitrogen and oxygen atoms in total. The quantitative estimate of drug-likeness (QED) is 0.244. The largest absolute Gasteiger partial charge is 0.454 e. The third-order valence-corrected chi connectivity index (χ3v) is 5.88. The summed E-state index contributed by atoms with van der Waals surface area (Å²) >= 11 is 5.03. The summed E-state index contributed by atoms with van der Waals surface area (Å²) in [6, 6.07) is 23.9. The standard InChI is InChI=1S/C23H16BrN3O2S/c24-18-9-7-17(8-10-18)20-14-30-23(26-20)27(19-4-2-1-3-5-19)25-13-16-6-11-21-22(12-16)29-15-28-21/h1-14H,15H2/b25-13-. The second kappa shape index (κ2) is 8.30. The molecule has 5 rings (SSSR count). The van der Waals surface area contributed by atoms with E-state index in [4.69, 9.17) is 19.6 Å². The summed E-state index contributed by atoms with van der Waals surface area (Å²) in [5.74, 6) is 1.49. The number of thiazole rings is 1. The van der Waals surface area contributed by atoms with E-state index in [9.17, 15) is 0 Å². The Kier molecular flexibility index (Phi) is 5.21. The second-order valence-corrected chi connectivity index (χ2v) is 8.28. The minimum atomic E-state index is 0.254. The SMILES string of the molecule is Brc1ccc(-c2csc(N(/N=C\c3ccc4c(c3)OCO4)c3ccccc3)n2)cc1. The van der Waals surface area contributed by atoms with Crippen molar-refractivity contribution in [3.8, 4) is 22.8 Å². The van der Waals surface area contributed by atoms with E-state index in [0.29, 0.717) is 0 Å². The molecule has 0 saturated heterocycles. The lowest BCUT2D eigenvalue weighted by Gasteiger charge is -2.15. The molecular weight excluding hydrogens is 462 g/mol. The van der Waals surface area contributed by atoms with Crippen LogP contribution >= 0.6 is 27.3 Å². The van der Waals surface area contributed by atoms with Crippen LogP contribution in [0.15, 0.2) is 87.8 Å². The van der Waals surface area contributed by atoms with Gasteiger partial charge in [-0.25, -0.2) is 9.99 Å². The fraction of sp³-hybridized carbons (Fsp3) is 0.0435. The van der Waals surface area contributed by atoms with Crippen molar-refractivity contribution in [1.29, 1.82) is 0 Å². The Bertz CT molecular complexity index is 1190. The molecule has 0 unspecified atom stereocenters. The van der Waals surface area contributed by atoms with Gasteiger partial charge in [0.1, 0.15) is 0 Å². The number of rotatable bonds is 5. The van der Waals surface area contributed by atoms with Crippen molar-refractivity contribution < 1.29 is 9.47 Å². The number of ether oxygens (including phenoxy) is 2. The lowest BCUT2D eigenvalue weighted by atomic mass is 10.2. The van der Waals surface area contributed by atoms with E-state index in [2.05, 4.69) is 15.9 Å². The van der Waals surface area contributed by atoms with E-state index >= 15 is 0 Å². The highest BCUT2D eigenvalue weighted by molar-refractivity contribution is 9.10. The van der Waals surface area contributed by atoms with Crippen molar-refractivity contribution in [2.24, 2.45) is 5.10 Å². The van der Waals surface area contributed by atoms with E-state index in [1.807, 2.05) is 83.2 Å². The van der Waals surface area contributed by atoms with Gasteiger partial charge in [0.25, 0.3) is 0 Å². The van der Waals surface area contributed by atoms with Gasteiger partial charge in [-0.15, -0.1) is 11.3 Å². The van der Waals surface area contributed by atoms with Gasteiger partial charge < -0.3 is 9.47 Å². The van der Waals surface area contributed by atoms with E-state index in [-0.39, 0.29) is 6.79 Å². The molecule has 0 radical (unpaired) electrons. The van der Waals surface area contributed by atoms with Gasteiger partial charge in [0.15, 0.2) is 11.5 Å². The van der Waals surface area contributed by atoms with Gasteiger partial charge in [0, 0.05) is 15.4 Å². The molecule has 4 aromatic rings. The lowest BCUT2D eigenvalue weighted by Crippen LogP contribution is -2.09. The molecule has 3 aromatic carbocycles. The van der Waals surface area contributed by atoms with E-state index in [1.54, 1.807) is 17.6 Å². The molecule has 0 aliphatic carbocycles. The number of hydrogen-bond donors (Lipinski definition) is 0. The molecule has 0 bridgehead atoms. The van der Waals surface area contributed by atoms with Crippen LogP contribution in [0.1, 0.15) is 5.56 Å². The number of para-hydroxylation sites is 1. The Morgan fingerprint density at radius 3 is 2.60 bits per heavy atom. The fourth-order valence-electron chi connectivity index (χ4n) is 3.03. The average Bonchev–Trinajstić information content (AvgIpc) is 3.45. The average molecular weight is 478 g/mol. The van der Waals surface area contributed by atoms with Crippen LogP contribution < -0.4 is 14.5 Å². The molecule has 0 amide bonds. The Morgan fingerprint density at radius 1 is 0.967 bits per heavy atom. The zero-order chi connectivity index (χ0) is 20.3. The van der Waals surface area contributed by atoms with Crippen LogP contribution in [0.2, 0.25) is 0 Å². The van der Waals surface area contributed by atoms with Crippen molar-refractivity contribution in [3.63, 3.8) is 0 Å². The highest BCUT2D eigenvalue weighted by Gasteiger charge is 2.15. The molecule has 0 spiro atoms. The summed E-state index contributed by atoms with van der Waals surface area (Å²) in [7, 11) is 0. The monoisotopic (exact) mass is 477 g/mol. The molecule has 1 aliphatic rings. The number of aromatic nitrogens is 1. The lowest BCUT2D eigenvalue weighted by molar-refractivity contribution is 0.174. The molecule has 1 aliphatic heterocycles. The van der Waals surface area contributed by atoms with Gasteiger partial charge in [-0.1, -0.05) is 46.3 Å². The highest BCUT2D eigenvalue weighted by atomic mass is 79.9. The topological polar surface area (TPSA) is 47.0 Å². The van der Waals surface area contributed by atoms with Crippen molar-refractivity contribution in [3.05, 3.63) is 88.2 Å². The van der Waals surface area contributed by atoms with Gasteiger partial charge in [-0.2, -0.15) is 5.10 Å². The third-order valence-electron chi connectivity index (χ3n) is 4.53. The predicted octanol–water partition coefficient (Wildman–Crippen LogP) is 6.47. The first-order valence-corrected chi connectivity index (χ1v) is 10.9. The molecule has 7 heteroatoms. The van der Waals surface area contributed by atoms with Gasteiger partial charge >= 0.3 is 0 Å². The molecule has 0 fully saturated rings. The Labute approximate surface area is 186 Å². The minimum Gasteiger partial charge on any atom is -0.454 e. The molecule has 0 N–H and O–H groups in total. The predicted molar refractivity (Wildman–Crippen MR) is 124 cm³/mol. The summed E-state index contributed by atoms with van der Waals surface area (Å²) < 4.78 is 11.9. The highest BCUT2D eigenvalue weighted by Crippen LogP contribution is 2.34. The number of halogens is 1. The van der Waals surface area contributed by atoms with Crippen LogP contribution in [0.3, 0.4) is 0 Å². The van der Waals surface area contributed by atoms with Gasteiger partial charge in [-0.3, -0.25) is 0 Å². The first kappa shape index (κ1) is 18.8. The van der Waals surface area contributed by atoms with Crippen LogP contribution in [0.4, 0.5) is 10.8 Å². The van der Waals surface area contributed by atoms with Crippen molar-refractivity contribution in [2.75, 3.05) is 11.8 Å². The van der Waals surface area contributed by atoms with Crippen molar-refractivity contribution in [1.82, 2.24) is 4.98 Å². The number of fused-ring (bicyclic) bond motifs is 1. The number of benzene rings is 3. The smallest absolute Gasteiger partial charge is 0.231 e. The van der Waals surface area contributed by atoms with Crippen LogP contribution in [-0.4, -0.2) is 18.0 Å². The first-order chi connectivity index (χ1) is 14.8. The summed E-state index contributed by atoms with van der Waals surface area (Å²) in [6.45, 7) is 0.254. The minimum absolute atomic E-state index is 0.254. The number of nitrogens with zero attached hydrogens (tertiary/aromatic N) is 3. The van der Waals surface area contributed by atoms with Crippen LogP contribution in [0.5, 0.6) is 11.5 Å². The molecule has 0 atom stereocenters. The van der Waals surface area contributed by atoms with E-state index in [1.165, 1.54) is 0 Å². The number of anilines is 2. The number of hydrogen-bond acceptors (Lipinski definition) is 6. The molecule has 2 heterocycles. The van der Waals surface area contributed by atoms with E-state index < -0.39 is 0 Å². The third kappa shape index (κ3) is 3.94. The summed E-state index contributed by atoms with van der Waals surface area (Å²) in [5, 5.41) is 9.41. The van der Waals surface area contributed by atoms with Crippen LogP contribution in [0.25, 0.3) is 11.3 Å². The molecule has 148 valence electrons. The molecular formula is C23H16BrN3O2S. The molecule has 30 heavy (non-hydrogen) atoms. The maximum atomic E-state index is 5.46. The van der Waals surface area contributed by atoms with Crippen molar-refractivity contribution in [2.45, 2.75) is 0 Å². The second-order valence-electron chi connectivity index (χ2n) is 6.53. The zero-order valence-electron chi connectivity index (χ0n) is 15.7. The first-order valence-electron chi connectivity index (χ1n) is 9.26. The Balaban J connectivity index is 1.48. The van der Waals surface area contributed by atoms with Crippen LogP contribution in [0, 0.1) is 0 Å². The maximum absolute atomic E-state index is 5.46. The van der Waals surface area contributed by atoms with E-state index in [0.717, 1.165) is 43.6 Å². The summed E-state index contributed by atoms with van der Waals surface area (Å²) in [4.78, 5) is 4.83. The van der Waals surface area contributed by atoms with Crippen LogP contribution in [-0.2, 0) is 0 Å². The Morgan fingerprint density at radius 2 is 1.77 bits per heavy atom. The number of hydrazone groups is 1. The van der Waals surface area contributed by atoms with Crippen molar-refractivity contribution >= 4 is 44.3 Å². The van der Waals surface area contributed by atoms with Gasteiger partial charge in [-0.05, 0) is 48.0 Å². The maximum Gasteiger partial charge on any atom is 0.231 e. The van der Waals surface area contributed by atoms with Gasteiger partial charge in [0.05, 0.1) is 17.6 Å². The zero-order valence-corrected chi connectivity index (χ0v) is 18.1. The van der Waals surface area contributed by atoms with Gasteiger partial charge in [0.2, 0.25) is 11.9 Å². The Hall–Kier alpha value is -3.16. The molecule has 0 saturated carbocycles.